The molecule has 1 amide bonds. The molecule has 0 bridgehead atoms. The number of aryl methyl sites for hydroxylation is 1. The van der Waals surface area contributed by atoms with E-state index in [0.29, 0.717) is 17.9 Å². The lowest BCUT2D eigenvalue weighted by Crippen LogP contribution is -2.49. The molecule has 0 aromatic heterocycles. The third-order valence-corrected chi connectivity index (χ3v) is 5.17. The number of aliphatic carboxylic acids is 1. The number of fused-ring (bicyclic) bond motifs is 1. The summed E-state index contributed by atoms with van der Waals surface area (Å²) < 4.78 is 6.13. The van der Waals surface area contributed by atoms with Crippen LogP contribution in [-0.4, -0.2) is 29.1 Å². The Morgan fingerprint density at radius 3 is 2.50 bits per heavy atom. The minimum absolute atomic E-state index is 0.406. The summed E-state index contributed by atoms with van der Waals surface area (Å²) in [5.41, 5.74) is 2.53. The first-order chi connectivity index (χ1) is 13.4. The molecule has 0 aliphatic heterocycles. The average Bonchev–Trinajstić information content (AvgIpc) is 2.68. The van der Waals surface area contributed by atoms with Gasteiger partial charge < -0.3 is 15.2 Å². The maximum Gasteiger partial charge on any atom is 0.328 e. The van der Waals surface area contributed by atoms with E-state index in [1.807, 2.05) is 36.4 Å². The van der Waals surface area contributed by atoms with Crippen molar-refractivity contribution in [2.24, 2.45) is 0 Å². The molecule has 0 heterocycles. The van der Waals surface area contributed by atoms with Crippen molar-refractivity contribution < 1.29 is 19.4 Å². The zero-order valence-electron chi connectivity index (χ0n) is 16.5. The zero-order valence-corrected chi connectivity index (χ0v) is 16.5. The molecule has 0 atom stereocenters. The molecule has 5 heteroatoms. The third kappa shape index (κ3) is 4.53. The van der Waals surface area contributed by atoms with Crippen molar-refractivity contribution in [3.8, 4) is 5.75 Å². The molecule has 0 radical (unpaired) electrons. The summed E-state index contributed by atoms with van der Waals surface area (Å²) in [5, 5.41) is 11.9. The monoisotopic (exact) mass is 381 g/mol. The van der Waals surface area contributed by atoms with Gasteiger partial charge in [0, 0.05) is 6.42 Å². The minimum atomic E-state index is -1.35. The van der Waals surface area contributed by atoms with Gasteiger partial charge >= 0.3 is 5.97 Å². The van der Waals surface area contributed by atoms with Gasteiger partial charge in [0.15, 0.2) is 0 Å². The predicted molar refractivity (Wildman–Crippen MR) is 108 cm³/mol. The first-order valence-electron chi connectivity index (χ1n) is 9.76. The van der Waals surface area contributed by atoms with Crippen LogP contribution in [0.3, 0.4) is 0 Å². The highest BCUT2D eigenvalue weighted by molar-refractivity contribution is 6.00. The van der Waals surface area contributed by atoms with Gasteiger partial charge in [0.25, 0.3) is 5.91 Å². The second-order valence-electron chi connectivity index (χ2n) is 7.76. The van der Waals surface area contributed by atoms with Crippen molar-refractivity contribution in [1.29, 1.82) is 0 Å². The van der Waals surface area contributed by atoms with Gasteiger partial charge in [-0.3, -0.25) is 4.79 Å². The summed E-state index contributed by atoms with van der Waals surface area (Å²) in [6.07, 6.45) is 4.79. The minimum Gasteiger partial charge on any atom is -0.492 e. The highest BCUT2D eigenvalue weighted by atomic mass is 16.5. The van der Waals surface area contributed by atoms with Crippen LogP contribution in [0.5, 0.6) is 5.75 Å². The lowest BCUT2D eigenvalue weighted by Gasteiger charge is -2.25. The Balaban J connectivity index is 1.85. The van der Waals surface area contributed by atoms with Gasteiger partial charge in [0.1, 0.15) is 11.3 Å². The standard InChI is InChI=1S/C23H27NO4/c1-23(2,22(26)27)24-21(25)19-13-12-17-10-6-7-11-18(17)20(19)28-15-14-16-8-4-3-5-9-16/h3-5,8-9,12-13H,6-7,10-11,14-15H2,1-2H3,(H,24,25)(H,26,27). The van der Waals surface area contributed by atoms with E-state index in [1.54, 1.807) is 6.07 Å². The Labute approximate surface area is 165 Å². The van der Waals surface area contributed by atoms with E-state index in [4.69, 9.17) is 4.74 Å². The van der Waals surface area contributed by atoms with Crippen LogP contribution in [-0.2, 0) is 24.1 Å². The van der Waals surface area contributed by atoms with Crippen molar-refractivity contribution in [3.63, 3.8) is 0 Å². The largest absolute Gasteiger partial charge is 0.492 e. The van der Waals surface area contributed by atoms with E-state index in [9.17, 15) is 14.7 Å². The molecule has 148 valence electrons. The fourth-order valence-corrected chi connectivity index (χ4v) is 3.46. The maximum atomic E-state index is 12.9. The molecule has 2 N–H and O–H groups in total. The molecule has 0 spiro atoms. The molecule has 2 aromatic rings. The maximum absolute atomic E-state index is 12.9. The molecule has 0 saturated carbocycles. The SMILES string of the molecule is CC(C)(NC(=O)c1ccc2c(c1OCCc1ccccc1)CCCC2)C(=O)O. The lowest BCUT2D eigenvalue weighted by atomic mass is 9.89. The van der Waals surface area contributed by atoms with Crippen LogP contribution in [0.1, 0.15) is 53.7 Å². The fraction of sp³-hybridized carbons (Fsp3) is 0.391. The van der Waals surface area contributed by atoms with Crippen LogP contribution < -0.4 is 10.1 Å². The van der Waals surface area contributed by atoms with Gasteiger partial charge in [-0.2, -0.15) is 0 Å². The van der Waals surface area contributed by atoms with E-state index in [1.165, 1.54) is 25.0 Å². The van der Waals surface area contributed by atoms with Crippen molar-refractivity contribution in [2.75, 3.05) is 6.61 Å². The van der Waals surface area contributed by atoms with Crippen LogP contribution in [0, 0.1) is 0 Å². The Morgan fingerprint density at radius 1 is 1.07 bits per heavy atom. The number of amides is 1. The Morgan fingerprint density at radius 2 is 1.79 bits per heavy atom. The van der Waals surface area contributed by atoms with Crippen molar-refractivity contribution in [1.82, 2.24) is 5.32 Å². The number of carboxylic acid groups (broad SMARTS) is 1. The van der Waals surface area contributed by atoms with Gasteiger partial charge in [-0.25, -0.2) is 4.79 Å². The zero-order chi connectivity index (χ0) is 20.1. The van der Waals surface area contributed by atoms with Crippen LogP contribution in [0.4, 0.5) is 0 Å². The quantitative estimate of drug-likeness (QED) is 0.765. The van der Waals surface area contributed by atoms with E-state index in [2.05, 4.69) is 5.32 Å². The summed E-state index contributed by atoms with van der Waals surface area (Å²) in [4.78, 5) is 24.2. The number of benzene rings is 2. The number of hydrogen-bond acceptors (Lipinski definition) is 3. The summed E-state index contributed by atoms with van der Waals surface area (Å²) in [5.74, 6) is -0.896. The topological polar surface area (TPSA) is 75.6 Å². The Hall–Kier alpha value is -2.82. The van der Waals surface area contributed by atoms with Crippen LogP contribution in [0.2, 0.25) is 0 Å². The van der Waals surface area contributed by atoms with Crippen LogP contribution in [0.25, 0.3) is 0 Å². The van der Waals surface area contributed by atoms with Crippen molar-refractivity contribution >= 4 is 11.9 Å². The highest BCUT2D eigenvalue weighted by Gasteiger charge is 2.31. The number of ether oxygens (including phenoxy) is 1. The summed E-state index contributed by atoms with van der Waals surface area (Å²) in [7, 11) is 0. The smallest absolute Gasteiger partial charge is 0.328 e. The van der Waals surface area contributed by atoms with Crippen molar-refractivity contribution in [2.45, 2.75) is 51.5 Å². The van der Waals surface area contributed by atoms with Gasteiger partial charge in [0.2, 0.25) is 0 Å². The molecule has 3 rings (SSSR count). The Kier molecular flexibility index (Phi) is 6.02. The van der Waals surface area contributed by atoms with Gasteiger partial charge in [0.05, 0.1) is 12.2 Å². The first-order valence-corrected chi connectivity index (χ1v) is 9.76. The van der Waals surface area contributed by atoms with E-state index in [0.717, 1.165) is 37.7 Å². The lowest BCUT2D eigenvalue weighted by molar-refractivity contribution is -0.143. The highest BCUT2D eigenvalue weighted by Crippen LogP contribution is 2.33. The Bertz CT molecular complexity index is 858. The molecule has 5 nitrogen and oxygen atoms in total. The van der Waals surface area contributed by atoms with Crippen molar-refractivity contribution in [3.05, 3.63) is 64.7 Å². The number of carbonyl (C=O) groups is 2. The number of rotatable bonds is 7. The number of carboxylic acids is 1. The average molecular weight is 381 g/mol. The molecule has 0 unspecified atom stereocenters. The first kappa shape index (κ1) is 19.9. The molecular weight excluding hydrogens is 354 g/mol. The normalized spacial score (nSPS) is 13.5. The number of hydrogen-bond donors (Lipinski definition) is 2. The van der Waals surface area contributed by atoms with Gasteiger partial charge in [-0.1, -0.05) is 36.4 Å². The molecule has 0 fully saturated rings. The van der Waals surface area contributed by atoms with E-state index >= 15 is 0 Å². The predicted octanol–water partition coefficient (Wildman–Crippen LogP) is 3.78. The molecular formula is C23H27NO4. The molecule has 0 saturated heterocycles. The second-order valence-corrected chi connectivity index (χ2v) is 7.76. The summed E-state index contributed by atoms with van der Waals surface area (Å²) in [6, 6.07) is 13.8. The van der Waals surface area contributed by atoms with E-state index < -0.39 is 17.4 Å². The van der Waals surface area contributed by atoms with E-state index in [-0.39, 0.29) is 0 Å². The molecule has 1 aliphatic carbocycles. The van der Waals surface area contributed by atoms with Crippen LogP contribution in [0.15, 0.2) is 42.5 Å². The van der Waals surface area contributed by atoms with Crippen LogP contribution >= 0.6 is 0 Å². The fourth-order valence-electron chi connectivity index (χ4n) is 3.46. The molecule has 28 heavy (non-hydrogen) atoms. The van der Waals surface area contributed by atoms with Gasteiger partial charge in [-0.15, -0.1) is 0 Å². The summed E-state index contributed by atoms with van der Waals surface area (Å²) >= 11 is 0. The second kappa shape index (κ2) is 8.46. The van der Waals surface area contributed by atoms with Gasteiger partial charge in [-0.05, 0) is 62.3 Å². The number of carbonyl (C=O) groups excluding carboxylic acids is 1. The third-order valence-electron chi connectivity index (χ3n) is 5.17. The number of nitrogens with one attached hydrogen (secondary N) is 1. The summed E-state index contributed by atoms with van der Waals surface area (Å²) in [6.45, 7) is 3.41. The molecule has 2 aromatic carbocycles. The molecule has 1 aliphatic rings.